The van der Waals surface area contributed by atoms with Crippen LogP contribution in [0.5, 0.6) is 0 Å². The van der Waals surface area contributed by atoms with E-state index in [1.807, 2.05) is 12.1 Å². The highest BCUT2D eigenvalue weighted by molar-refractivity contribution is 7.89. The Labute approximate surface area is 199 Å². The molecule has 3 rings (SSSR count). The summed E-state index contributed by atoms with van der Waals surface area (Å²) in [6, 6.07) is 13.5. The molecule has 1 saturated carbocycles. The molecule has 0 aromatic heterocycles. The van der Waals surface area contributed by atoms with Crippen molar-refractivity contribution in [1.82, 2.24) is 9.62 Å². The molecule has 1 aliphatic carbocycles. The lowest BCUT2D eigenvalue weighted by molar-refractivity contribution is -0.115. The predicted octanol–water partition coefficient (Wildman–Crippen LogP) is 4.82. The Bertz CT molecular complexity index is 1100. The SMILES string of the molecule is CN(C1CCCCC1)S(=O)(=O)c1ccc(NC(=S)NC(=O)/C=C/c2ccccc2Cl)cc1. The number of hydrogen-bond donors (Lipinski definition) is 2. The Morgan fingerprint density at radius 1 is 1.09 bits per heavy atom. The van der Waals surface area contributed by atoms with Crippen molar-refractivity contribution < 1.29 is 13.2 Å². The number of thiocarbonyl (C=S) groups is 1. The Hall–Kier alpha value is -2.26. The van der Waals surface area contributed by atoms with Gasteiger partial charge in [-0.15, -0.1) is 0 Å². The third-order valence-electron chi connectivity index (χ3n) is 5.43. The summed E-state index contributed by atoms with van der Waals surface area (Å²) in [7, 11) is -1.91. The Balaban J connectivity index is 1.57. The van der Waals surface area contributed by atoms with Gasteiger partial charge in [-0.3, -0.25) is 10.1 Å². The fourth-order valence-electron chi connectivity index (χ4n) is 3.61. The highest BCUT2D eigenvalue weighted by Gasteiger charge is 2.28. The summed E-state index contributed by atoms with van der Waals surface area (Å²) in [6.45, 7) is 0. The molecule has 170 valence electrons. The van der Waals surface area contributed by atoms with Crippen LogP contribution in [-0.4, -0.2) is 36.8 Å². The van der Waals surface area contributed by atoms with Crippen molar-refractivity contribution in [3.63, 3.8) is 0 Å². The lowest BCUT2D eigenvalue weighted by Crippen LogP contribution is -2.38. The average Bonchev–Trinajstić information content (AvgIpc) is 2.79. The van der Waals surface area contributed by atoms with Crippen LogP contribution < -0.4 is 10.6 Å². The normalized spacial score (nSPS) is 15.1. The number of carbonyl (C=O) groups is 1. The van der Waals surface area contributed by atoms with Gasteiger partial charge in [0.2, 0.25) is 15.9 Å². The first-order valence-electron chi connectivity index (χ1n) is 10.4. The zero-order chi connectivity index (χ0) is 23.1. The van der Waals surface area contributed by atoms with Gasteiger partial charge in [0, 0.05) is 29.9 Å². The van der Waals surface area contributed by atoms with E-state index < -0.39 is 15.9 Å². The van der Waals surface area contributed by atoms with Crippen LogP contribution in [0.3, 0.4) is 0 Å². The van der Waals surface area contributed by atoms with E-state index in [1.165, 1.54) is 10.4 Å². The maximum absolute atomic E-state index is 12.9. The number of hydrogen-bond acceptors (Lipinski definition) is 4. The van der Waals surface area contributed by atoms with Gasteiger partial charge in [-0.05, 0) is 67.0 Å². The smallest absolute Gasteiger partial charge is 0.250 e. The van der Waals surface area contributed by atoms with Gasteiger partial charge in [0.05, 0.1) is 4.90 Å². The van der Waals surface area contributed by atoms with Gasteiger partial charge >= 0.3 is 0 Å². The number of rotatable bonds is 6. The first-order chi connectivity index (χ1) is 15.3. The second-order valence-corrected chi connectivity index (χ2v) is 10.4. The molecule has 0 atom stereocenters. The summed E-state index contributed by atoms with van der Waals surface area (Å²) in [6.07, 6.45) is 8.02. The van der Waals surface area contributed by atoms with Gasteiger partial charge < -0.3 is 5.32 Å². The van der Waals surface area contributed by atoms with E-state index in [-0.39, 0.29) is 16.0 Å². The highest BCUT2D eigenvalue weighted by Crippen LogP contribution is 2.27. The Morgan fingerprint density at radius 3 is 2.41 bits per heavy atom. The first kappa shape index (κ1) is 24.4. The molecule has 0 saturated heterocycles. The number of nitrogens with one attached hydrogen (secondary N) is 2. The third-order valence-corrected chi connectivity index (χ3v) is 7.91. The minimum absolute atomic E-state index is 0.0492. The zero-order valence-corrected chi connectivity index (χ0v) is 20.1. The van der Waals surface area contributed by atoms with E-state index in [9.17, 15) is 13.2 Å². The summed E-state index contributed by atoms with van der Waals surface area (Å²) in [5.74, 6) is -0.407. The molecule has 1 aliphatic rings. The molecule has 0 radical (unpaired) electrons. The van der Waals surface area contributed by atoms with Gasteiger partial charge in [-0.1, -0.05) is 49.1 Å². The van der Waals surface area contributed by atoms with E-state index in [1.54, 1.807) is 49.5 Å². The molecule has 6 nitrogen and oxygen atoms in total. The molecule has 2 aromatic carbocycles. The van der Waals surface area contributed by atoms with Gasteiger partial charge in [0.1, 0.15) is 0 Å². The van der Waals surface area contributed by atoms with Gasteiger partial charge in [-0.2, -0.15) is 4.31 Å². The van der Waals surface area contributed by atoms with Crippen LogP contribution >= 0.6 is 23.8 Å². The van der Waals surface area contributed by atoms with Gasteiger partial charge in [0.15, 0.2) is 5.11 Å². The molecule has 2 N–H and O–H groups in total. The van der Waals surface area contributed by atoms with Crippen LogP contribution in [0.2, 0.25) is 5.02 Å². The van der Waals surface area contributed by atoms with Gasteiger partial charge in [-0.25, -0.2) is 8.42 Å². The monoisotopic (exact) mass is 491 g/mol. The molecule has 2 aromatic rings. The fourth-order valence-corrected chi connectivity index (χ4v) is 5.44. The van der Waals surface area contributed by atoms with E-state index in [0.717, 1.165) is 37.7 Å². The second-order valence-electron chi connectivity index (χ2n) is 7.64. The number of halogens is 1. The largest absolute Gasteiger partial charge is 0.332 e. The van der Waals surface area contributed by atoms with Crippen molar-refractivity contribution in [2.24, 2.45) is 0 Å². The number of amides is 1. The summed E-state index contributed by atoms with van der Waals surface area (Å²) < 4.78 is 27.3. The number of benzene rings is 2. The lowest BCUT2D eigenvalue weighted by atomic mass is 9.96. The molecule has 0 aliphatic heterocycles. The maximum Gasteiger partial charge on any atom is 0.250 e. The van der Waals surface area contributed by atoms with Crippen LogP contribution in [0.1, 0.15) is 37.7 Å². The lowest BCUT2D eigenvalue weighted by Gasteiger charge is -2.30. The Kier molecular flexibility index (Phi) is 8.42. The van der Waals surface area contributed by atoms with Crippen LogP contribution in [0.15, 0.2) is 59.5 Å². The second kappa shape index (κ2) is 11.0. The van der Waals surface area contributed by atoms with Gasteiger partial charge in [0.25, 0.3) is 0 Å². The summed E-state index contributed by atoms with van der Waals surface area (Å²) in [5, 5.41) is 6.08. The number of carbonyl (C=O) groups excluding carboxylic acids is 1. The van der Waals surface area contributed by atoms with Crippen molar-refractivity contribution in [3.8, 4) is 0 Å². The van der Waals surface area contributed by atoms with E-state index in [0.29, 0.717) is 10.7 Å². The van der Waals surface area contributed by atoms with Crippen LogP contribution in [0.4, 0.5) is 5.69 Å². The molecule has 0 unspecified atom stereocenters. The molecule has 9 heteroatoms. The van der Waals surface area contributed by atoms with Crippen LogP contribution in [0.25, 0.3) is 6.08 Å². The number of nitrogens with zero attached hydrogens (tertiary/aromatic N) is 1. The molecular weight excluding hydrogens is 466 g/mol. The molecular formula is C23H26ClN3O3S2. The number of anilines is 1. The summed E-state index contributed by atoms with van der Waals surface area (Å²) >= 11 is 11.2. The quantitative estimate of drug-likeness (QED) is 0.447. The number of sulfonamides is 1. The topological polar surface area (TPSA) is 78.5 Å². The van der Waals surface area contributed by atoms with E-state index in [4.69, 9.17) is 23.8 Å². The maximum atomic E-state index is 12.9. The predicted molar refractivity (Wildman–Crippen MR) is 133 cm³/mol. The first-order valence-corrected chi connectivity index (χ1v) is 12.6. The third kappa shape index (κ3) is 6.38. The van der Waals surface area contributed by atoms with Crippen molar-refractivity contribution in [3.05, 3.63) is 65.2 Å². The average molecular weight is 492 g/mol. The van der Waals surface area contributed by atoms with E-state index in [2.05, 4.69) is 10.6 Å². The van der Waals surface area contributed by atoms with Crippen LogP contribution in [0, 0.1) is 0 Å². The summed E-state index contributed by atoms with van der Waals surface area (Å²) in [5.41, 5.74) is 1.29. The molecule has 32 heavy (non-hydrogen) atoms. The molecule has 0 spiro atoms. The van der Waals surface area contributed by atoms with Crippen molar-refractivity contribution >= 4 is 56.6 Å². The van der Waals surface area contributed by atoms with Crippen molar-refractivity contribution in [2.75, 3.05) is 12.4 Å². The molecule has 0 bridgehead atoms. The Morgan fingerprint density at radius 2 is 1.75 bits per heavy atom. The molecule has 0 heterocycles. The molecule has 1 fully saturated rings. The minimum atomic E-state index is -3.56. The fraction of sp³-hybridized carbons (Fsp3) is 0.304. The highest BCUT2D eigenvalue weighted by atomic mass is 35.5. The van der Waals surface area contributed by atoms with E-state index >= 15 is 0 Å². The standard InChI is InChI=1S/C23H26ClN3O3S2/c1-27(19-8-3-2-4-9-19)32(29,30)20-14-12-18(13-15-20)25-23(31)26-22(28)16-11-17-7-5-6-10-21(17)24/h5-7,10-16,19H,2-4,8-9H2,1H3,(H2,25,26,28,31)/b16-11+. The van der Waals surface area contributed by atoms with Crippen molar-refractivity contribution in [2.45, 2.75) is 43.0 Å². The van der Waals surface area contributed by atoms with Crippen LogP contribution in [-0.2, 0) is 14.8 Å². The zero-order valence-electron chi connectivity index (χ0n) is 17.8. The minimum Gasteiger partial charge on any atom is -0.332 e. The van der Waals surface area contributed by atoms with Crippen molar-refractivity contribution in [1.29, 1.82) is 0 Å². The molecule has 1 amide bonds. The summed E-state index contributed by atoms with van der Waals surface area (Å²) in [4.78, 5) is 12.3.